The largest absolute Gasteiger partial charge is 0.490 e. The molecule has 2 fully saturated rings. The molecule has 0 amide bonds. The van der Waals surface area contributed by atoms with Crippen molar-refractivity contribution in [2.24, 2.45) is 10.9 Å². The van der Waals surface area contributed by atoms with E-state index in [0.717, 1.165) is 50.4 Å². The summed E-state index contributed by atoms with van der Waals surface area (Å²) in [6, 6.07) is 8.60. The van der Waals surface area contributed by atoms with E-state index < -0.39 is 0 Å². The Morgan fingerprint density at radius 2 is 1.83 bits per heavy atom. The molecule has 0 spiro atoms. The predicted molar refractivity (Wildman–Crippen MR) is 131 cm³/mol. The van der Waals surface area contributed by atoms with Crippen molar-refractivity contribution in [3.8, 4) is 5.75 Å². The Hall–Kier alpha value is -1.02. The number of nitrogens with zero attached hydrogens (tertiary/aromatic N) is 2. The molecule has 5 nitrogen and oxygen atoms in total. The first-order valence-corrected chi connectivity index (χ1v) is 11.0. The van der Waals surface area contributed by atoms with Gasteiger partial charge in [-0.1, -0.05) is 12.1 Å². The van der Waals surface area contributed by atoms with Crippen LogP contribution in [0.5, 0.6) is 5.75 Å². The van der Waals surface area contributed by atoms with E-state index in [4.69, 9.17) is 9.47 Å². The van der Waals surface area contributed by atoms with Gasteiger partial charge in [-0.2, -0.15) is 0 Å². The molecule has 1 aliphatic heterocycles. The molecule has 164 valence electrons. The van der Waals surface area contributed by atoms with Crippen LogP contribution in [0.1, 0.15) is 50.5 Å². The van der Waals surface area contributed by atoms with E-state index in [1.807, 2.05) is 7.05 Å². The summed E-state index contributed by atoms with van der Waals surface area (Å²) in [4.78, 5) is 6.69. The number of hydrogen-bond donors (Lipinski definition) is 1. The number of halogens is 1. The van der Waals surface area contributed by atoms with Gasteiger partial charge in [-0.15, -0.1) is 24.0 Å². The summed E-state index contributed by atoms with van der Waals surface area (Å²) in [5.74, 6) is 2.78. The van der Waals surface area contributed by atoms with Gasteiger partial charge in [0.1, 0.15) is 5.75 Å². The van der Waals surface area contributed by atoms with Crippen molar-refractivity contribution >= 4 is 29.9 Å². The number of guanidine groups is 1. The molecule has 1 aliphatic carbocycles. The van der Waals surface area contributed by atoms with Crippen molar-refractivity contribution in [2.75, 3.05) is 40.4 Å². The Labute approximate surface area is 193 Å². The van der Waals surface area contributed by atoms with Gasteiger partial charge in [0.15, 0.2) is 5.96 Å². The summed E-state index contributed by atoms with van der Waals surface area (Å²) in [5.41, 5.74) is 1.33. The summed E-state index contributed by atoms with van der Waals surface area (Å²) in [6.07, 6.45) is 10.0. The predicted octanol–water partition coefficient (Wildman–Crippen LogP) is 4.49. The molecular weight excluding hydrogens is 477 g/mol. The maximum Gasteiger partial charge on any atom is 0.193 e. The Balaban J connectivity index is 0.00000300. The van der Waals surface area contributed by atoms with E-state index in [-0.39, 0.29) is 24.0 Å². The Morgan fingerprint density at radius 1 is 1.14 bits per heavy atom. The summed E-state index contributed by atoms with van der Waals surface area (Å²) < 4.78 is 11.5. The molecule has 1 N–H and O–H groups in total. The highest BCUT2D eigenvalue weighted by atomic mass is 127. The van der Waals surface area contributed by atoms with Gasteiger partial charge >= 0.3 is 0 Å². The van der Waals surface area contributed by atoms with E-state index in [9.17, 15) is 0 Å². The van der Waals surface area contributed by atoms with Gasteiger partial charge in [0.25, 0.3) is 0 Å². The highest BCUT2D eigenvalue weighted by Crippen LogP contribution is 2.24. The average molecular weight is 515 g/mol. The number of ether oxygens (including phenoxy) is 2. The third-order valence-electron chi connectivity index (χ3n) is 6.01. The molecule has 1 heterocycles. The quantitative estimate of drug-likeness (QED) is 0.315. The molecule has 0 unspecified atom stereocenters. The Kier molecular flexibility index (Phi) is 11.1. The lowest BCUT2D eigenvalue weighted by molar-refractivity contribution is 0.0625. The van der Waals surface area contributed by atoms with Gasteiger partial charge in [-0.05, 0) is 75.0 Å². The monoisotopic (exact) mass is 515 g/mol. The number of aliphatic imine (C=N–C) groups is 1. The lowest BCUT2D eigenvalue weighted by Gasteiger charge is -2.26. The molecule has 2 aliphatic rings. The minimum atomic E-state index is 0. The van der Waals surface area contributed by atoms with Crippen LogP contribution in [0.3, 0.4) is 0 Å². The van der Waals surface area contributed by atoms with Gasteiger partial charge in [0.05, 0.1) is 6.10 Å². The molecule has 1 aromatic rings. The van der Waals surface area contributed by atoms with Crippen molar-refractivity contribution < 1.29 is 9.47 Å². The average Bonchev–Trinajstić information content (AvgIpc) is 3.24. The van der Waals surface area contributed by atoms with Crippen molar-refractivity contribution in [1.29, 1.82) is 0 Å². The first-order valence-electron chi connectivity index (χ1n) is 11.0. The minimum Gasteiger partial charge on any atom is -0.490 e. The van der Waals surface area contributed by atoms with Crippen LogP contribution in [0.4, 0.5) is 0 Å². The SMILES string of the molecule is CN=C(NCCc1ccc(OC2CCCC2)cc1)N(C)CCC1CCOCC1.I. The van der Waals surface area contributed by atoms with Gasteiger partial charge < -0.3 is 19.7 Å². The van der Waals surface area contributed by atoms with Crippen molar-refractivity contribution in [1.82, 2.24) is 10.2 Å². The smallest absolute Gasteiger partial charge is 0.193 e. The first-order chi connectivity index (χ1) is 13.7. The lowest BCUT2D eigenvalue weighted by Crippen LogP contribution is -2.40. The molecule has 0 atom stereocenters. The summed E-state index contributed by atoms with van der Waals surface area (Å²) >= 11 is 0. The molecule has 29 heavy (non-hydrogen) atoms. The standard InChI is InChI=1S/C23H37N3O2.HI/c1-24-23(26(2)16-12-20-13-17-27-18-14-20)25-15-11-19-7-9-22(10-8-19)28-21-5-3-4-6-21;/h7-10,20-21H,3-6,11-18H2,1-2H3,(H,24,25);1H. The van der Waals surface area contributed by atoms with Crippen LogP contribution in [-0.2, 0) is 11.2 Å². The Bertz CT molecular complexity index is 597. The third-order valence-corrected chi connectivity index (χ3v) is 6.01. The minimum absolute atomic E-state index is 0. The molecule has 0 radical (unpaired) electrons. The highest BCUT2D eigenvalue weighted by Gasteiger charge is 2.17. The molecule has 6 heteroatoms. The lowest BCUT2D eigenvalue weighted by atomic mass is 9.96. The molecule has 0 bridgehead atoms. The number of rotatable bonds is 8. The van der Waals surface area contributed by atoms with E-state index >= 15 is 0 Å². The van der Waals surface area contributed by atoms with Crippen molar-refractivity contribution in [3.63, 3.8) is 0 Å². The fourth-order valence-corrected chi connectivity index (χ4v) is 4.15. The zero-order chi connectivity index (χ0) is 19.6. The van der Waals surface area contributed by atoms with E-state index in [1.54, 1.807) is 0 Å². The fourth-order valence-electron chi connectivity index (χ4n) is 4.15. The van der Waals surface area contributed by atoms with Crippen molar-refractivity contribution in [2.45, 2.75) is 57.5 Å². The van der Waals surface area contributed by atoms with Gasteiger partial charge in [-0.3, -0.25) is 4.99 Å². The van der Waals surface area contributed by atoms with Gasteiger partial charge in [0.2, 0.25) is 0 Å². The van der Waals surface area contributed by atoms with Crippen molar-refractivity contribution in [3.05, 3.63) is 29.8 Å². The maximum absolute atomic E-state index is 6.05. The molecule has 1 aromatic carbocycles. The molecule has 0 aromatic heterocycles. The second-order valence-electron chi connectivity index (χ2n) is 8.16. The second kappa shape index (κ2) is 13.3. The van der Waals surface area contributed by atoms with Crippen LogP contribution in [0, 0.1) is 5.92 Å². The molecule has 1 saturated carbocycles. The molecule has 3 rings (SSSR count). The zero-order valence-electron chi connectivity index (χ0n) is 18.1. The van der Waals surface area contributed by atoms with Crippen LogP contribution in [0.15, 0.2) is 29.3 Å². The summed E-state index contributed by atoms with van der Waals surface area (Å²) in [7, 11) is 3.99. The molecular formula is C23H38IN3O2. The van der Waals surface area contributed by atoms with Gasteiger partial charge in [-0.25, -0.2) is 0 Å². The van der Waals surface area contributed by atoms with E-state index in [1.165, 1.54) is 50.5 Å². The topological polar surface area (TPSA) is 46.1 Å². The second-order valence-corrected chi connectivity index (χ2v) is 8.16. The summed E-state index contributed by atoms with van der Waals surface area (Å²) in [6.45, 7) is 3.77. The maximum atomic E-state index is 6.05. The number of nitrogens with one attached hydrogen (secondary N) is 1. The van der Waals surface area contributed by atoms with E-state index in [2.05, 4.69) is 46.5 Å². The normalized spacial score (nSPS) is 18.3. The van der Waals surface area contributed by atoms with Gasteiger partial charge in [0, 0.05) is 40.4 Å². The van der Waals surface area contributed by atoms with Crippen LogP contribution in [0.2, 0.25) is 0 Å². The molecule has 1 saturated heterocycles. The van der Waals surface area contributed by atoms with Crippen LogP contribution in [0.25, 0.3) is 0 Å². The van der Waals surface area contributed by atoms with Crippen LogP contribution >= 0.6 is 24.0 Å². The van der Waals surface area contributed by atoms with E-state index in [0.29, 0.717) is 6.10 Å². The first kappa shape index (κ1) is 24.3. The highest BCUT2D eigenvalue weighted by molar-refractivity contribution is 14.0. The van der Waals surface area contributed by atoms with Crippen LogP contribution < -0.4 is 10.1 Å². The number of benzene rings is 1. The van der Waals surface area contributed by atoms with Crippen LogP contribution in [-0.4, -0.2) is 57.4 Å². The zero-order valence-corrected chi connectivity index (χ0v) is 20.4. The fraction of sp³-hybridized carbons (Fsp3) is 0.696. The Morgan fingerprint density at radius 3 is 2.48 bits per heavy atom. The summed E-state index contributed by atoms with van der Waals surface area (Å²) in [5, 5.41) is 3.50. The number of hydrogen-bond acceptors (Lipinski definition) is 3. The third kappa shape index (κ3) is 8.32.